The van der Waals surface area contributed by atoms with Crippen LogP contribution in [-0.2, 0) is 20.8 Å². The number of rotatable bonds is 6. The number of hydrogen-bond acceptors (Lipinski definition) is 4. The Hall–Kier alpha value is -2.05. The van der Waals surface area contributed by atoms with Crippen molar-refractivity contribution in [3.8, 4) is 0 Å². The summed E-state index contributed by atoms with van der Waals surface area (Å²) in [7, 11) is 0. The molecule has 0 aliphatic carbocycles. The number of carbonyl (C=O) groups excluding carboxylic acids is 1. The topological polar surface area (TPSA) is 95.9 Å². The van der Waals surface area contributed by atoms with E-state index in [2.05, 4.69) is 0 Å². The van der Waals surface area contributed by atoms with Crippen LogP contribution in [0.3, 0.4) is 0 Å². The number of aliphatic hydroxyl groups excluding tert-OH is 1. The quantitative estimate of drug-likeness (QED) is 0.318. The van der Waals surface area contributed by atoms with Crippen LogP contribution in [-0.4, -0.2) is 28.7 Å². The lowest BCUT2D eigenvalue weighted by Gasteiger charge is -2.04. The summed E-state index contributed by atoms with van der Waals surface area (Å²) in [5.41, 5.74) is 2.96. The van der Waals surface area contributed by atoms with E-state index in [9.17, 15) is 9.59 Å². The monoisotopic (exact) mass is 285 g/mol. The molecule has 0 unspecified atom stereocenters. The number of carboxylic acids is 1. The van der Waals surface area contributed by atoms with Gasteiger partial charge >= 0.3 is 5.97 Å². The molecule has 0 heterocycles. The highest BCUT2D eigenvalue weighted by atomic mass is 35.5. The molecule has 0 atom stereocenters. The van der Waals surface area contributed by atoms with Crippen LogP contribution in [0.1, 0.15) is 5.56 Å². The average molecular weight is 286 g/mol. The molecule has 1 aromatic rings. The molecular weight excluding hydrogens is 274 g/mol. The summed E-state index contributed by atoms with van der Waals surface area (Å²) in [6, 6.07) is 7.12. The maximum atomic E-state index is 11.1. The van der Waals surface area contributed by atoms with Crippen molar-refractivity contribution in [2.45, 2.75) is 6.42 Å². The second kappa shape index (κ2) is 7.40. The molecule has 6 nitrogen and oxygen atoms in total. The smallest absolute Gasteiger partial charge is 0.371 e. The molecule has 0 spiro atoms. The second-order valence-corrected chi connectivity index (χ2v) is 3.96. The SMILES string of the molecule is O=C(C=C(O)C(=O)O)NOCCc1ccc(Cl)cc1. The van der Waals surface area contributed by atoms with E-state index in [1.54, 1.807) is 12.1 Å². The van der Waals surface area contributed by atoms with Gasteiger partial charge in [0, 0.05) is 5.02 Å². The van der Waals surface area contributed by atoms with E-state index in [0.29, 0.717) is 17.5 Å². The van der Waals surface area contributed by atoms with Gasteiger partial charge in [-0.25, -0.2) is 10.3 Å². The Morgan fingerprint density at radius 2 is 1.89 bits per heavy atom. The third-order valence-electron chi connectivity index (χ3n) is 2.07. The number of amides is 1. The van der Waals surface area contributed by atoms with E-state index in [4.69, 9.17) is 26.7 Å². The van der Waals surface area contributed by atoms with Crippen LogP contribution >= 0.6 is 11.6 Å². The highest BCUT2D eigenvalue weighted by molar-refractivity contribution is 6.30. The van der Waals surface area contributed by atoms with Crippen molar-refractivity contribution in [1.29, 1.82) is 0 Å². The zero-order valence-electron chi connectivity index (χ0n) is 9.80. The Morgan fingerprint density at radius 3 is 2.47 bits per heavy atom. The first-order valence-electron chi connectivity index (χ1n) is 5.29. The molecule has 0 fully saturated rings. The average Bonchev–Trinajstić information content (AvgIpc) is 2.36. The number of hydrogen-bond donors (Lipinski definition) is 3. The van der Waals surface area contributed by atoms with Crippen molar-refractivity contribution in [1.82, 2.24) is 5.48 Å². The van der Waals surface area contributed by atoms with E-state index in [1.807, 2.05) is 17.6 Å². The third-order valence-corrected chi connectivity index (χ3v) is 2.32. The van der Waals surface area contributed by atoms with Crippen LogP contribution in [0.2, 0.25) is 5.02 Å². The molecule has 0 bridgehead atoms. The van der Waals surface area contributed by atoms with Gasteiger partial charge in [-0.2, -0.15) is 0 Å². The minimum absolute atomic E-state index is 0.203. The van der Waals surface area contributed by atoms with Crippen LogP contribution in [0, 0.1) is 0 Å². The fourth-order valence-electron chi connectivity index (χ4n) is 1.16. The van der Waals surface area contributed by atoms with E-state index in [0.717, 1.165) is 5.56 Å². The maximum Gasteiger partial charge on any atom is 0.371 e. The summed E-state index contributed by atoms with van der Waals surface area (Å²) in [6.45, 7) is 0.203. The number of carbonyl (C=O) groups is 2. The molecule has 7 heteroatoms. The second-order valence-electron chi connectivity index (χ2n) is 3.53. The van der Waals surface area contributed by atoms with Gasteiger partial charge < -0.3 is 10.2 Å². The van der Waals surface area contributed by atoms with Crippen molar-refractivity contribution in [2.75, 3.05) is 6.61 Å². The Morgan fingerprint density at radius 1 is 1.26 bits per heavy atom. The Bertz CT molecular complexity index is 483. The maximum absolute atomic E-state index is 11.1. The minimum Gasteiger partial charge on any atom is -0.502 e. The molecule has 0 saturated carbocycles. The zero-order chi connectivity index (χ0) is 14.3. The first-order chi connectivity index (χ1) is 8.99. The summed E-state index contributed by atoms with van der Waals surface area (Å²) in [6.07, 6.45) is 1.07. The van der Waals surface area contributed by atoms with Gasteiger partial charge in [-0.3, -0.25) is 9.63 Å². The molecular formula is C12H12ClNO5. The highest BCUT2D eigenvalue weighted by Crippen LogP contribution is 2.09. The van der Waals surface area contributed by atoms with E-state index < -0.39 is 17.6 Å². The van der Waals surface area contributed by atoms with Gasteiger partial charge in [0.1, 0.15) is 0 Å². The zero-order valence-corrected chi connectivity index (χ0v) is 10.6. The number of aliphatic hydroxyl groups is 1. The van der Waals surface area contributed by atoms with Gasteiger partial charge in [0.2, 0.25) is 5.76 Å². The normalized spacial score (nSPS) is 11.1. The standard InChI is InChI=1S/C12H12ClNO5/c13-9-3-1-8(2-4-9)5-6-19-14-11(16)7-10(15)12(17)18/h1-4,7,15H,5-6H2,(H,14,16)(H,17,18). The Labute approximate surface area is 114 Å². The number of carboxylic acid groups (broad SMARTS) is 1. The number of aliphatic carboxylic acids is 1. The highest BCUT2D eigenvalue weighted by Gasteiger charge is 2.06. The van der Waals surface area contributed by atoms with Crippen LogP contribution in [0.25, 0.3) is 0 Å². The van der Waals surface area contributed by atoms with Gasteiger partial charge in [-0.05, 0) is 24.1 Å². The minimum atomic E-state index is -1.59. The lowest BCUT2D eigenvalue weighted by atomic mass is 10.2. The Balaban J connectivity index is 2.27. The van der Waals surface area contributed by atoms with Crippen molar-refractivity contribution in [2.24, 2.45) is 0 Å². The molecule has 1 amide bonds. The van der Waals surface area contributed by atoms with E-state index >= 15 is 0 Å². The predicted molar refractivity (Wildman–Crippen MR) is 67.6 cm³/mol. The van der Waals surface area contributed by atoms with Gasteiger partial charge in [0.05, 0.1) is 12.7 Å². The van der Waals surface area contributed by atoms with Crippen molar-refractivity contribution >= 4 is 23.5 Å². The summed E-state index contributed by atoms with van der Waals surface area (Å²) >= 11 is 5.72. The van der Waals surface area contributed by atoms with Crippen LogP contribution < -0.4 is 5.48 Å². The van der Waals surface area contributed by atoms with Crippen LogP contribution in [0.4, 0.5) is 0 Å². The fourth-order valence-corrected chi connectivity index (χ4v) is 1.28. The molecule has 1 aromatic carbocycles. The molecule has 102 valence electrons. The summed E-state index contributed by atoms with van der Waals surface area (Å²) in [5, 5.41) is 17.7. The third kappa shape index (κ3) is 5.89. The summed E-state index contributed by atoms with van der Waals surface area (Å²) in [5.74, 6) is -3.49. The van der Waals surface area contributed by atoms with Gasteiger partial charge in [0.25, 0.3) is 5.91 Å². The fraction of sp³-hybridized carbons (Fsp3) is 0.167. The molecule has 19 heavy (non-hydrogen) atoms. The van der Waals surface area contributed by atoms with E-state index in [-0.39, 0.29) is 6.61 Å². The number of halogens is 1. The molecule has 0 radical (unpaired) electrons. The lowest BCUT2D eigenvalue weighted by Crippen LogP contribution is -2.23. The molecule has 3 N–H and O–H groups in total. The van der Waals surface area contributed by atoms with Gasteiger partial charge in [0.15, 0.2) is 0 Å². The van der Waals surface area contributed by atoms with Gasteiger partial charge in [-0.1, -0.05) is 23.7 Å². The van der Waals surface area contributed by atoms with Crippen LogP contribution in [0.5, 0.6) is 0 Å². The number of benzene rings is 1. The number of hydroxylamine groups is 1. The lowest BCUT2D eigenvalue weighted by molar-refractivity contribution is -0.136. The summed E-state index contributed by atoms with van der Waals surface area (Å²) < 4.78 is 0. The molecule has 0 aliphatic rings. The van der Waals surface area contributed by atoms with Gasteiger partial charge in [-0.15, -0.1) is 0 Å². The van der Waals surface area contributed by atoms with Crippen molar-refractivity contribution in [3.63, 3.8) is 0 Å². The predicted octanol–water partition coefficient (Wildman–Crippen LogP) is 1.46. The van der Waals surface area contributed by atoms with Crippen LogP contribution in [0.15, 0.2) is 36.1 Å². The molecule has 0 saturated heterocycles. The first-order valence-corrected chi connectivity index (χ1v) is 5.67. The molecule has 1 rings (SSSR count). The summed E-state index contributed by atoms with van der Waals surface area (Å²) in [4.78, 5) is 26.1. The molecule has 0 aromatic heterocycles. The van der Waals surface area contributed by atoms with Crippen molar-refractivity contribution < 1.29 is 24.6 Å². The van der Waals surface area contributed by atoms with E-state index in [1.165, 1.54) is 0 Å². The Kier molecular flexibility index (Phi) is 5.84. The molecule has 0 aliphatic heterocycles. The van der Waals surface area contributed by atoms with Crippen molar-refractivity contribution in [3.05, 3.63) is 46.7 Å². The number of nitrogens with one attached hydrogen (secondary N) is 1. The largest absolute Gasteiger partial charge is 0.502 e. The first kappa shape index (κ1) is 15.0.